The quantitative estimate of drug-likeness (QED) is 0.152. The van der Waals surface area contributed by atoms with Crippen LogP contribution in [0.5, 0.6) is 17.2 Å². The topological polar surface area (TPSA) is 161 Å². The number of ether oxygens (including phenoxy) is 3. The molecule has 0 unspecified atom stereocenters. The van der Waals surface area contributed by atoms with Crippen LogP contribution in [0.4, 0.5) is 11.4 Å². The molecule has 2 heterocycles. The van der Waals surface area contributed by atoms with Crippen LogP contribution in [-0.4, -0.2) is 90.5 Å². The number of nitrogens with zero attached hydrogens (tertiary/aromatic N) is 2. The van der Waals surface area contributed by atoms with Gasteiger partial charge in [0, 0.05) is 36.6 Å². The summed E-state index contributed by atoms with van der Waals surface area (Å²) in [5.74, 6) is 0.977. The fourth-order valence-corrected chi connectivity index (χ4v) is 5.69. The standard InChI is InChI=1S/C33H44N4O7/c1-20-10-23(18-38)36(16-20)32(40)25-12-22(3)29(14-27(25)34)43-8-6-5-7-9-44-31-15-28(35)26(13-30(31)42-4)33(41)37-17-21(2)11-24(37)19-39/h12-15,23-24,38-39H,1-2,5-11,16-19,34-35H2,3-4H3/t23-,24-/m0/s1. The second kappa shape index (κ2) is 14.5. The zero-order valence-electron chi connectivity index (χ0n) is 25.6. The van der Waals surface area contributed by atoms with E-state index in [0.717, 1.165) is 36.0 Å². The number of likely N-dealkylation sites (tertiary alicyclic amines) is 2. The molecule has 2 amide bonds. The number of aliphatic hydroxyl groups is 2. The Morgan fingerprint density at radius 3 is 1.77 bits per heavy atom. The smallest absolute Gasteiger partial charge is 0.256 e. The Morgan fingerprint density at radius 2 is 1.27 bits per heavy atom. The number of carbonyl (C=O) groups excluding carboxylic acids is 2. The minimum absolute atomic E-state index is 0.118. The van der Waals surface area contributed by atoms with Crippen molar-refractivity contribution in [2.45, 2.75) is 51.1 Å². The summed E-state index contributed by atoms with van der Waals surface area (Å²) in [5.41, 5.74) is 16.4. The molecular formula is C33H44N4O7. The molecule has 11 nitrogen and oxygen atoms in total. The Morgan fingerprint density at radius 1 is 0.795 bits per heavy atom. The van der Waals surface area contributed by atoms with Crippen molar-refractivity contribution in [3.63, 3.8) is 0 Å². The van der Waals surface area contributed by atoms with Crippen molar-refractivity contribution in [3.8, 4) is 17.2 Å². The lowest BCUT2D eigenvalue weighted by atomic mass is 10.1. The predicted molar refractivity (Wildman–Crippen MR) is 169 cm³/mol. The van der Waals surface area contributed by atoms with Crippen LogP contribution in [0.1, 0.15) is 58.4 Å². The molecular weight excluding hydrogens is 564 g/mol. The molecule has 2 aromatic carbocycles. The first-order chi connectivity index (χ1) is 21.1. The molecule has 0 radical (unpaired) electrons. The number of aryl methyl sites for hydroxylation is 1. The van der Waals surface area contributed by atoms with E-state index in [9.17, 15) is 19.8 Å². The SMILES string of the molecule is C=C1C[C@@H](CO)N(C(=O)c2cc(C)c(OCCCCCOc3cc(N)c(C(=O)N4CC(=C)C[C@H]4CO)cc3OC)cc2N)C1. The van der Waals surface area contributed by atoms with Crippen LogP contribution >= 0.6 is 0 Å². The lowest BCUT2D eigenvalue weighted by Crippen LogP contribution is -2.38. The summed E-state index contributed by atoms with van der Waals surface area (Å²) in [6, 6.07) is 6.00. The molecule has 0 bridgehead atoms. The highest BCUT2D eigenvalue weighted by Crippen LogP contribution is 2.35. The van der Waals surface area contributed by atoms with Gasteiger partial charge in [0.2, 0.25) is 0 Å². The molecule has 0 spiro atoms. The highest BCUT2D eigenvalue weighted by atomic mass is 16.5. The third kappa shape index (κ3) is 7.28. The summed E-state index contributed by atoms with van der Waals surface area (Å²) < 4.78 is 17.4. The number of benzene rings is 2. The summed E-state index contributed by atoms with van der Waals surface area (Å²) in [6.45, 7) is 11.2. The van der Waals surface area contributed by atoms with Crippen LogP contribution in [0.25, 0.3) is 0 Å². The lowest BCUT2D eigenvalue weighted by molar-refractivity contribution is 0.0674. The van der Waals surface area contributed by atoms with Crippen LogP contribution < -0.4 is 25.7 Å². The van der Waals surface area contributed by atoms with Crippen LogP contribution in [0.15, 0.2) is 48.6 Å². The average molecular weight is 609 g/mol. The molecule has 238 valence electrons. The van der Waals surface area contributed by atoms with Gasteiger partial charge in [-0.05, 0) is 56.7 Å². The van der Waals surface area contributed by atoms with E-state index in [1.165, 1.54) is 7.11 Å². The molecule has 44 heavy (non-hydrogen) atoms. The summed E-state index contributed by atoms with van der Waals surface area (Å²) in [5, 5.41) is 19.3. The van der Waals surface area contributed by atoms with E-state index in [1.807, 2.05) is 6.92 Å². The van der Waals surface area contributed by atoms with Crippen LogP contribution in [0.3, 0.4) is 0 Å². The number of unbranched alkanes of at least 4 members (excludes halogenated alkanes) is 2. The first-order valence-corrected chi connectivity index (χ1v) is 14.9. The van der Waals surface area contributed by atoms with E-state index in [4.69, 9.17) is 25.7 Å². The zero-order chi connectivity index (χ0) is 32.0. The first kappa shape index (κ1) is 32.7. The Hall–Kier alpha value is -4.22. The number of anilines is 2. The van der Waals surface area contributed by atoms with Gasteiger partial charge in [0.15, 0.2) is 11.5 Å². The molecule has 11 heteroatoms. The van der Waals surface area contributed by atoms with Crippen molar-refractivity contribution < 1.29 is 34.0 Å². The van der Waals surface area contributed by atoms with Gasteiger partial charge in [0.1, 0.15) is 5.75 Å². The van der Waals surface area contributed by atoms with E-state index >= 15 is 0 Å². The van der Waals surface area contributed by atoms with Gasteiger partial charge in [-0.25, -0.2) is 0 Å². The summed E-state index contributed by atoms with van der Waals surface area (Å²) in [4.78, 5) is 29.5. The van der Waals surface area contributed by atoms with E-state index in [1.54, 1.807) is 34.1 Å². The summed E-state index contributed by atoms with van der Waals surface area (Å²) in [6.07, 6.45) is 3.52. The minimum atomic E-state index is -0.313. The number of carbonyl (C=O) groups is 2. The number of nitrogen functional groups attached to an aromatic ring is 2. The van der Waals surface area contributed by atoms with Gasteiger partial charge >= 0.3 is 0 Å². The maximum atomic E-state index is 13.2. The van der Waals surface area contributed by atoms with E-state index in [-0.39, 0.29) is 42.8 Å². The predicted octanol–water partition coefficient (Wildman–Crippen LogP) is 3.32. The van der Waals surface area contributed by atoms with Gasteiger partial charge in [-0.3, -0.25) is 9.59 Å². The van der Waals surface area contributed by atoms with E-state index in [0.29, 0.717) is 73.2 Å². The molecule has 2 aromatic rings. The number of rotatable bonds is 13. The first-order valence-electron chi connectivity index (χ1n) is 14.9. The molecule has 2 atom stereocenters. The Kier molecular flexibility index (Phi) is 10.8. The Balaban J connectivity index is 1.25. The molecule has 2 saturated heterocycles. The number of hydrogen-bond acceptors (Lipinski definition) is 9. The minimum Gasteiger partial charge on any atom is -0.493 e. The van der Waals surface area contributed by atoms with Crippen molar-refractivity contribution >= 4 is 23.2 Å². The van der Waals surface area contributed by atoms with Crippen molar-refractivity contribution in [1.82, 2.24) is 9.80 Å². The molecule has 2 aliphatic rings. The number of methoxy groups -OCH3 is 1. The molecule has 0 aromatic heterocycles. The third-order valence-electron chi connectivity index (χ3n) is 8.11. The molecule has 6 N–H and O–H groups in total. The highest BCUT2D eigenvalue weighted by molar-refractivity contribution is 6.01. The summed E-state index contributed by atoms with van der Waals surface area (Å²) in [7, 11) is 1.50. The lowest BCUT2D eigenvalue weighted by Gasteiger charge is -2.24. The van der Waals surface area contributed by atoms with Crippen LogP contribution in [0.2, 0.25) is 0 Å². The van der Waals surface area contributed by atoms with E-state index < -0.39 is 0 Å². The van der Waals surface area contributed by atoms with E-state index in [2.05, 4.69) is 13.2 Å². The third-order valence-corrected chi connectivity index (χ3v) is 8.11. The Labute approximate surface area is 258 Å². The maximum absolute atomic E-state index is 13.2. The number of hydrogen-bond donors (Lipinski definition) is 4. The average Bonchev–Trinajstić information content (AvgIpc) is 3.58. The largest absolute Gasteiger partial charge is 0.493 e. The summed E-state index contributed by atoms with van der Waals surface area (Å²) >= 11 is 0. The number of amides is 2. The van der Waals surface area contributed by atoms with Gasteiger partial charge in [-0.15, -0.1) is 0 Å². The molecule has 0 aliphatic carbocycles. The van der Waals surface area contributed by atoms with Crippen LogP contribution in [-0.2, 0) is 0 Å². The van der Waals surface area contributed by atoms with Crippen molar-refractivity contribution in [1.29, 1.82) is 0 Å². The fraction of sp³-hybridized carbons (Fsp3) is 0.455. The molecule has 4 rings (SSSR count). The second-order valence-electron chi connectivity index (χ2n) is 11.5. The second-order valence-corrected chi connectivity index (χ2v) is 11.5. The van der Waals surface area contributed by atoms with Gasteiger partial charge in [-0.2, -0.15) is 0 Å². The van der Waals surface area contributed by atoms with Crippen molar-refractivity contribution in [3.05, 3.63) is 65.3 Å². The van der Waals surface area contributed by atoms with Gasteiger partial charge in [0.25, 0.3) is 11.8 Å². The zero-order valence-corrected chi connectivity index (χ0v) is 25.6. The van der Waals surface area contributed by atoms with Gasteiger partial charge < -0.3 is 45.7 Å². The van der Waals surface area contributed by atoms with Crippen LogP contribution in [0, 0.1) is 6.92 Å². The molecule has 2 aliphatic heterocycles. The fourth-order valence-electron chi connectivity index (χ4n) is 5.69. The maximum Gasteiger partial charge on any atom is 0.256 e. The van der Waals surface area contributed by atoms with Crippen molar-refractivity contribution in [2.75, 3.05) is 58.1 Å². The Bertz CT molecular complexity index is 1410. The monoisotopic (exact) mass is 608 g/mol. The highest BCUT2D eigenvalue weighted by Gasteiger charge is 2.33. The van der Waals surface area contributed by atoms with Gasteiger partial charge in [-0.1, -0.05) is 24.3 Å². The number of nitrogens with two attached hydrogens (primary N) is 2. The normalized spacial score (nSPS) is 18.2. The number of aliphatic hydroxyl groups excluding tert-OH is 2. The van der Waals surface area contributed by atoms with Crippen molar-refractivity contribution in [2.24, 2.45) is 0 Å². The molecule has 2 fully saturated rings. The molecule has 0 saturated carbocycles. The van der Waals surface area contributed by atoms with Gasteiger partial charge in [0.05, 0.1) is 56.7 Å².